The first-order valence-electron chi connectivity index (χ1n) is 12.8. The first-order valence-corrected chi connectivity index (χ1v) is 12.8. The number of nitrogens with zero attached hydrogens (tertiary/aromatic N) is 3. The van der Waals surface area contributed by atoms with Gasteiger partial charge in [0.1, 0.15) is 11.6 Å². The maximum atomic E-state index is 13.1. The van der Waals surface area contributed by atoms with Crippen molar-refractivity contribution in [3.63, 3.8) is 0 Å². The zero-order valence-electron chi connectivity index (χ0n) is 20.9. The predicted molar refractivity (Wildman–Crippen MR) is 145 cm³/mol. The fourth-order valence-corrected chi connectivity index (χ4v) is 4.68. The lowest BCUT2D eigenvalue weighted by molar-refractivity contribution is -0.128. The molecular weight excluding hydrogens is 444 g/mol. The van der Waals surface area contributed by atoms with E-state index in [0.29, 0.717) is 13.1 Å². The molecule has 5 heteroatoms. The molecule has 4 rings (SSSR count). The molecule has 1 fully saturated rings. The van der Waals surface area contributed by atoms with Gasteiger partial charge in [-0.2, -0.15) is 5.26 Å². The molecule has 1 saturated heterocycles. The smallest absolute Gasteiger partial charge is 0.266 e. The second-order valence-electron chi connectivity index (χ2n) is 9.17. The van der Waals surface area contributed by atoms with Crippen molar-refractivity contribution in [3.8, 4) is 6.07 Å². The van der Waals surface area contributed by atoms with Gasteiger partial charge in [0, 0.05) is 38.1 Å². The molecule has 0 aromatic heterocycles. The summed E-state index contributed by atoms with van der Waals surface area (Å²) >= 11 is 0. The SMILES string of the molecule is CCCCc1ccc(N/C=C(/C#N)C(=O)N2CCN(C(c3ccccc3)c3ccccc3)CC2)cc1. The molecule has 0 aliphatic carbocycles. The van der Waals surface area contributed by atoms with Gasteiger partial charge in [-0.05, 0) is 41.7 Å². The molecule has 0 bridgehead atoms. The van der Waals surface area contributed by atoms with Crippen LogP contribution in [0.2, 0.25) is 0 Å². The standard InChI is InChI=1S/C31H34N4O/c1-2-3-10-25-15-17-29(18-16-25)33-24-28(23-32)31(36)35-21-19-34(20-22-35)30(26-11-6-4-7-12-26)27-13-8-5-9-14-27/h4-9,11-18,24,30,33H,2-3,10,19-22H2,1H3/b28-24-. The average Bonchev–Trinajstić information content (AvgIpc) is 2.94. The van der Waals surface area contributed by atoms with Gasteiger partial charge in [-0.15, -0.1) is 0 Å². The second kappa shape index (κ2) is 12.7. The molecule has 1 amide bonds. The van der Waals surface area contributed by atoms with Crippen LogP contribution < -0.4 is 5.32 Å². The average molecular weight is 479 g/mol. The number of nitrogens with one attached hydrogen (secondary N) is 1. The van der Waals surface area contributed by atoms with Crippen molar-refractivity contribution >= 4 is 11.6 Å². The van der Waals surface area contributed by atoms with Crippen LogP contribution in [0.15, 0.2) is 96.7 Å². The Hall–Kier alpha value is -3.88. The van der Waals surface area contributed by atoms with Crippen LogP contribution in [0.3, 0.4) is 0 Å². The van der Waals surface area contributed by atoms with Crippen LogP contribution in [0, 0.1) is 11.3 Å². The van der Waals surface area contributed by atoms with Gasteiger partial charge in [0.25, 0.3) is 5.91 Å². The van der Waals surface area contributed by atoms with Crippen molar-refractivity contribution in [1.82, 2.24) is 9.80 Å². The summed E-state index contributed by atoms with van der Waals surface area (Å²) in [6, 6.07) is 31.4. The molecule has 1 aliphatic rings. The lowest BCUT2D eigenvalue weighted by Gasteiger charge is -2.39. The summed E-state index contributed by atoms with van der Waals surface area (Å²) in [5, 5.41) is 12.8. The topological polar surface area (TPSA) is 59.4 Å². The summed E-state index contributed by atoms with van der Waals surface area (Å²) in [7, 11) is 0. The number of unbranched alkanes of at least 4 members (excludes halogenated alkanes) is 1. The normalized spacial score (nSPS) is 14.5. The molecule has 0 saturated carbocycles. The van der Waals surface area contributed by atoms with E-state index in [1.807, 2.05) is 24.3 Å². The van der Waals surface area contributed by atoms with E-state index in [2.05, 4.69) is 83.9 Å². The van der Waals surface area contributed by atoms with Gasteiger partial charge in [-0.3, -0.25) is 9.69 Å². The molecule has 0 unspecified atom stereocenters. The molecular formula is C31H34N4O. The first kappa shape index (κ1) is 25.2. The Morgan fingerprint density at radius 3 is 2.03 bits per heavy atom. The number of rotatable bonds is 9. The highest BCUT2D eigenvalue weighted by Crippen LogP contribution is 2.29. The predicted octanol–water partition coefficient (Wildman–Crippen LogP) is 5.78. The Kier molecular flexibility index (Phi) is 8.91. The summed E-state index contributed by atoms with van der Waals surface area (Å²) in [4.78, 5) is 17.3. The molecule has 1 aliphatic heterocycles. The Balaban J connectivity index is 1.39. The molecule has 184 valence electrons. The third kappa shape index (κ3) is 6.41. The molecule has 5 nitrogen and oxygen atoms in total. The second-order valence-corrected chi connectivity index (χ2v) is 9.17. The Morgan fingerprint density at radius 2 is 1.50 bits per heavy atom. The van der Waals surface area contributed by atoms with Crippen molar-refractivity contribution < 1.29 is 4.79 Å². The Labute approximate surface area is 214 Å². The summed E-state index contributed by atoms with van der Waals surface area (Å²) < 4.78 is 0. The van der Waals surface area contributed by atoms with Crippen LogP contribution in [-0.4, -0.2) is 41.9 Å². The lowest BCUT2D eigenvalue weighted by Crippen LogP contribution is -2.50. The van der Waals surface area contributed by atoms with Crippen LogP contribution in [-0.2, 0) is 11.2 Å². The summed E-state index contributed by atoms with van der Waals surface area (Å²) in [5.74, 6) is -0.222. The van der Waals surface area contributed by atoms with Crippen molar-refractivity contribution in [2.45, 2.75) is 32.2 Å². The third-order valence-corrected chi connectivity index (χ3v) is 6.70. The van der Waals surface area contributed by atoms with E-state index in [4.69, 9.17) is 0 Å². The highest BCUT2D eigenvalue weighted by molar-refractivity contribution is 5.97. The van der Waals surface area contributed by atoms with E-state index >= 15 is 0 Å². The van der Waals surface area contributed by atoms with Gasteiger partial charge in [0.15, 0.2) is 0 Å². The van der Waals surface area contributed by atoms with E-state index in [9.17, 15) is 10.1 Å². The van der Waals surface area contributed by atoms with Crippen LogP contribution in [0.25, 0.3) is 0 Å². The molecule has 1 heterocycles. The van der Waals surface area contributed by atoms with Gasteiger partial charge in [-0.1, -0.05) is 86.1 Å². The molecule has 3 aromatic rings. The van der Waals surface area contributed by atoms with Crippen LogP contribution in [0.4, 0.5) is 5.69 Å². The number of hydrogen-bond donors (Lipinski definition) is 1. The maximum Gasteiger partial charge on any atom is 0.266 e. The minimum atomic E-state index is -0.222. The molecule has 1 N–H and O–H groups in total. The van der Waals surface area contributed by atoms with Crippen molar-refractivity contribution in [2.75, 3.05) is 31.5 Å². The highest BCUT2D eigenvalue weighted by Gasteiger charge is 2.29. The summed E-state index contributed by atoms with van der Waals surface area (Å²) in [5.41, 5.74) is 4.78. The van der Waals surface area contributed by atoms with Gasteiger partial charge in [0.2, 0.25) is 0 Å². The largest absolute Gasteiger partial charge is 0.360 e. The fourth-order valence-electron chi connectivity index (χ4n) is 4.68. The Morgan fingerprint density at radius 1 is 0.917 bits per heavy atom. The zero-order valence-corrected chi connectivity index (χ0v) is 20.9. The zero-order chi connectivity index (χ0) is 25.2. The maximum absolute atomic E-state index is 13.1. The number of benzene rings is 3. The number of aryl methyl sites for hydroxylation is 1. The van der Waals surface area contributed by atoms with E-state index in [0.717, 1.165) is 25.2 Å². The minimum absolute atomic E-state index is 0.126. The number of carbonyl (C=O) groups is 1. The first-order chi connectivity index (χ1) is 17.7. The molecule has 0 spiro atoms. The van der Waals surface area contributed by atoms with Crippen LogP contribution in [0.5, 0.6) is 0 Å². The Bertz CT molecular complexity index is 1140. The highest BCUT2D eigenvalue weighted by atomic mass is 16.2. The van der Waals surface area contributed by atoms with E-state index < -0.39 is 0 Å². The van der Waals surface area contributed by atoms with Gasteiger partial charge in [0.05, 0.1) is 6.04 Å². The van der Waals surface area contributed by atoms with Gasteiger partial charge < -0.3 is 10.2 Å². The fraction of sp³-hybridized carbons (Fsp3) is 0.290. The molecule has 36 heavy (non-hydrogen) atoms. The number of anilines is 1. The van der Waals surface area contributed by atoms with E-state index in [1.165, 1.54) is 35.7 Å². The number of amides is 1. The number of carbonyl (C=O) groups excluding carboxylic acids is 1. The van der Waals surface area contributed by atoms with E-state index in [1.54, 1.807) is 4.90 Å². The van der Waals surface area contributed by atoms with Gasteiger partial charge in [-0.25, -0.2) is 0 Å². The number of nitriles is 1. The van der Waals surface area contributed by atoms with E-state index in [-0.39, 0.29) is 17.5 Å². The van der Waals surface area contributed by atoms with Crippen molar-refractivity contribution in [3.05, 3.63) is 113 Å². The minimum Gasteiger partial charge on any atom is -0.360 e. The van der Waals surface area contributed by atoms with Gasteiger partial charge >= 0.3 is 0 Å². The number of hydrogen-bond acceptors (Lipinski definition) is 4. The summed E-state index contributed by atoms with van der Waals surface area (Å²) in [6.07, 6.45) is 4.94. The summed E-state index contributed by atoms with van der Waals surface area (Å²) in [6.45, 7) is 4.84. The van der Waals surface area contributed by atoms with Crippen LogP contribution in [0.1, 0.15) is 42.5 Å². The molecule has 0 radical (unpaired) electrons. The molecule has 0 atom stereocenters. The van der Waals surface area contributed by atoms with Crippen LogP contribution >= 0.6 is 0 Å². The third-order valence-electron chi connectivity index (χ3n) is 6.70. The van der Waals surface area contributed by atoms with Crippen molar-refractivity contribution in [2.24, 2.45) is 0 Å². The quantitative estimate of drug-likeness (QED) is 0.313. The van der Waals surface area contributed by atoms with Crippen molar-refractivity contribution in [1.29, 1.82) is 5.26 Å². The lowest BCUT2D eigenvalue weighted by atomic mass is 9.96. The number of piperazine rings is 1. The monoisotopic (exact) mass is 478 g/mol. The molecule has 3 aromatic carbocycles.